The van der Waals surface area contributed by atoms with Crippen molar-refractivity contribution in [3.63, 3.8) is 0 Å². The number of carbonyl (C=O) groups is 2. The maximum atomic E-state index is 12.4. The summed E-state index contributed by atoms with van der Waals surface area (Å²) in [7, 11) is 0. The molecule has 1 aromatic carbocycles. The molecule has 23 heavy (non-hydrogen) atoms. The molecule has 2 amide bonds. The maximum absolute atomic E-state index is 12.4. The van der Waals surface area contributed by atoms with Crippen LogP contribution in [-0.2, 0) is 16.0 Å². The van der Waals surface area contributed by atoms with Crippen molar-refractivity contribution in [3.8, 4) is 0 Å². The summed E-state index contributed by atoms with van der Waals surface area (Å²) < 4.78 is 0. The van der Waals surface area contributed by atoms with E-state index in [0.717, 1.165) is 19.3 Å². The lowest BCUT2D eigenvalue weighted by Crippen LogP contribution is -2.50. The van der Waals surface area contributed by atoms with Gasteiger partial charge in [-0.05, 0) is 24.8 Å². The molecule has 0 unspecified atom stereocenters. The average Bonchev–Trinajstić information content (AvgIpc) is 2.58. The normalized spacial score (nSPS) is 11.8. The molecule has 0 aliphatic carbocycles. The van der Waals surface area contributed by atoms with E-state index in [9.17, 15) is 9.59 Å². The van der Waals surface area contributed by atoms with E-state index in [1.165, 1.54) is 5.56 Å². The summed E-state index contributed by atoms with van der Waals surface area (Å²) in [5.74, 6) is 0.00855. The van der Waals surface area contributed by atoms with Gasteiger partial charge in [-0.1, -0.05) is 57.5 Å². The summed E-state index contributed by atoms with van der Waals surface area (Å²) in [4.78, 5) is 26.5. The monoisotopic (exact) mass is 318 g/mol. The Balaban J connectivity index is 2.73. The minimum absolute atomic E-state index is 0.0317. The van der Waals surface area contributed by atoms with Crippen molar-refractivity contribution in [1.82, 2.24) is 10.2 Å². The van der Waals surface area contributed by atoms with E-state index >= 15 is 0 Å². The molecule has 0 aromatic heterocycles. The van der Waals surface area contributed by atoms with Gasteiger partial charge in [-0.2, -0.15) is 0 Å². The summed E-state index contributed by atoms with van der Waals surface area (Å²) in [6.45, 7) is 7.16. The van der Waals surface area contributed by atoms with Crippen molar-refractivity contribution in [2.45, 2.75) is 58.9 Å². The lowest BCUT2D eigenvalue weighted by Gasteiger charge is -2.30. The number of hydrogen-bond acceptors (Lipinski definition) is 2. The van der Waals surface area contributed by atoms with Crippen LogP contribution in [0.15, 0.2) is 30.3 Å². The zero-order chi connectivity index (χ0) is 17.1. The minimum Gasteiger partial charge on any atom is -0.354 e. The molecule has 1 rings (SSSR count). The highest BCUT2D eigenvalue weighted by Gasteiger charge is 2.26. The highest BCUT2D eigenvalue weighted by atomic mass is 16.2. The SMILES string of the molecule is CCCCNC(=O)[C@@H](CC)N(CCc1ccccc1)C(=O)CC. The fourth-order valence-electron chi connectivity index (χ4n) is 2.61. The fraction of sp³-hybridized carbons (Fsp3) is 0.579. The second-order valence-corrected chi connectivity index (χ2v) is 5.74. The topological polar surface area (TPSA) is 49.4 Å². The molecule has 0 saturated heterocycles. The summed E-state index contributed by atoms with van der Waals surface area (Å²) in [6, 6.07) is 9.71. The predicted octanol–water partition coefficient (Wildman–Crippen LogP) is 3.16. The van der Waals surface area contributed by atoms with E-state index < -0.39 is 0 Å². The number of nitrogens with one attached hydrogen (secondary N) is 1. The first-order valence-electron chi connectivity index (χ1n) is 8.75. The largest absolute Gasteiger partial charge is 0.354 e. The molecule has 1 atom stereocenters. The molecule has 4 nitrogen and oxygen atoms in total. The summed E-state index contributed by atoms with van der Waals surface area (Å²) >= 11 is 0. The quantitative estimate of drug-likeness (QED) is 0.674. The van der Waals surface area contributed by atoms with Crippen molar-refractivity contribution in [2.24, 2.45) is 0 Å². The van der Waals surface area contributed by atoms with Crippen LogP contribution >= 0.6 is 0 Å². The van der Waals surface area contributed by atoms with Crippen LogP contribution in [0.5, 0.6) is 0 Å². The first-order valence-corrected chi connectivity index (χ1v) is 8.75. The Labute approximate surface area is 140 Å². The van der Waals surface area contributed by atoms with E-state index in [2.05, 4.69) is 24.4 Å². The molecule has 0 saturated carbocycles. The van der Waals surface area contributed by atoms with Crippen LogP contribution in [0.25, 0.3) is 0 Å². The van der Waals surface area contributed by atoms with Crippen LogP contribution in [0.2, 0.25) is 0 Å². The number of benzene rings is 1. The Hall–Kier alpha value is -1.84. The van der Waals surface area contributed by atoms with Gasteiger partial charge in [0.05, 0.1) is 0 Å². The van der Waals surface area contributed by atoms with Gasteiger partial charge in [-0.15, -0.1) is 0 Å². The van der Waals surface area contributed by atoms with Crippen LogP contribution in [0, 0.1) is 0 Å². The van der Waals surface area contributed by atoms with E-state index in [0.29, 0.717) is 25.9 Å². The third-order valence-corrected chi connectivity index (χ3v) is 4.00. The highest BCUT2D eigenvalue weighted by molar-refractivity contribution is 5.87. The van der Waals surface area contributed by atoms with E-state index in [-0.39, 0.29) is 17.9 Å². The Kier molecular flexibility index (Phi) is 9.03. The molecule has 4 heteroatoms. The first kappa shape index (κ1) is 19.2. The summed E-state index contributed by atoms with van der Waals surface area (Å²) in [5.41, 5.74) is 1.18. The molecule has 0 spiro atoms. The highest BCUT2D eigenvalue weighted by Crippen LogP contribution is 2.10. The fourth-order valence-corrected chi connectivity index (χ4v) is 2.61. The smallest absolute Gasteiger partial charge is 0.242 e. The Bertz CT molecular complexity index is 474. The van der Waals surface area contributed by atoms with Crippen LogP contribution in [0.4, 0.5) is 0 Å². The second kappa shape index (κ2) is 10.8. The van der Waals surface area contributed by atoms with Crippen molar-refractivity contribution >= 4 is 11.8 Å². The standard InChI is InChI=1S/C19H30N2O2/c1-4-7-14-20-19(23)17(5-2)21(18(22)6-3)15-13-16-11-9-8-10-12-16/h8-12,17H,4-7,13-15H2,1-3H3,(H,20,23)/t17-/m1/s1. The van der Waals surface area contributed by atoms with Gasteiger partial charge in [0, 0.05) is 19.5 Å². The van der Waals surface area contributed by atoms with Gasteiger partial charge in [0.15, 0.2) is 0 Å². The minimum atomic E-state index is -0.372. The molecular formula is C19H30N2O2. The lowest BCUT2D eigenvalue weighted by atomic mass is 10.1. The third kappa shape index (κ3) is 6.43. The van der Waals surface area contributed by atoms with Gasteiger partial charge in [0.2, 0.25) is 11.8 Å². The number of carbonyl (C=O) groups excluding carboxylic acids is 2. The predicted molar refractivity (Wildman–Crippen MR) is 94.1 cm³/mol. The molecule has 0 bridgehead atoms. The summed E-state index contributed by atoms with van der Waals surface area (Å²) in [6.07, 6.45) is 3.84. The number of unbranched alkanes of at least 4 members (excludes halogenated alkanes) is 1. The molecule has 0 aliphatic rings. The Morgan fingerprint density at radius 1 is 1.13 bits per heavy atom. The third-order valence-electron chi connectivity index (χ3n) is 4.00. The first-order chi connectivity index (χ1) is 11.1. The van der Waals surface area contributed by atoms with Crippen molar-refractivity contribution in [3.05, 3.63) is 35.9 Å². The van der Waals surface area contributed by atoms with E-state index in [1.54, 1.807) is 4.90 Å². The van der Waals surface area contributed by atoms with Gasteiger partial charge in [0.1, 0.15) is 6.04 Å². The maximum Gasteiger partial charge on any atom is 0.242 e. The zero-order valence-electron chi connectivity index (χ0n) is 14.7. The molecule has 1 aromatic rings. The zero-order valence-corrected chi connectivity index (χ0v) is 14.7. The number of rotatable bonds is 10. The number of nitrogens with zero attached hydrogens (tertiary/aromatic N) is 1. The molecule has 0 aliphatic heterocycles. The Morgan fingerprint density at radius 2 is 1.83 bits per heavy atom. The van der Waals surface area contributed by atoms with Crippen LogP contribution in [0.3, 0.4) is 0 Å². The van der Waals surface area contributed by atoms with Crippen LogP contribution < -0.4 is 5.32 Å². The van der Waals surface area contributed by atoms with E-state index in [1.807, 2.05) is 32.0 Å². The molecular weight excluding hydrogens is 288 g/mol. The molecule has 0 fully saturated rings. The van der Waals surface area contributed by atoms with Gasteiger partial charge in [0.25, 0.3) is 0 Å². The van der Waals surface area contributed by atoms with Gasteiger partial charge >= 0.3 is 0 Å². The molecule has 1 N–H and O–H groups in total. The van der Waals surface area contributed by atoms with Crippen molar-refractivity contribution < 1.29 is 9.59 Å². The van der Waals surface area contributed by atoms with Crippen LogP contribution in [-0.4, -0.2) is 35.8 Å². The number of amides is 2. The van der Waals surface area contributed by atoms with Gasteiger partial charge in [-0.3, -0.25) is 9.59 Å². The van der Waals surface area contributed by atoms with Crippen molar-refractivity contribution in [2.75, 3.05) is 13.1 Å². The van der Waals surface area contributed by atoms with E-state index in [4.69, 9.17) is 0 Å². The average molecular weight is 318 g/mol. The molecule has 0 heterocycles. The lowest BCUT2D eigenvalue weighted by molar-refractivity contribution is -0.140. The second-order valence-electron chi connectivity index (χ2n) is 5.74. The Morgan fingerprint density at radius 3 is 2.39 bits per heavy atom. The number of hydrogen-bond donors (Lipinski definition) is 1. The molecule has 128 valence electrons. The van der Waals surface area contributed by atoms with Crippen molar-refractivity contribution in [1.29, 1.82) is 0 Å². The van der Waals surface area contributed by atoms with Crippen LogP contribution in [0.1, 0.15) is 52.0 Å². The molecule has 0 radical (unpaired) electrons. The van der Waals surface area contributed by atoms with Gasteiger partial charge < -0.3 is 10.2 Å². The van der Waals surface area contributed by atoms with Gasteiger partial charge in [-0.25, -0.2) is 0 Å². The summed E-state index contributed by atoms with van der Waals surface area (Å²) in [5, 5.41) is 2.96.